The van der Waals surface area contributed by atoms with Crippen molar-refractivity contribution in [3.8, 4) is 5.75 Å². The third kappa shape index (κ3) is 2.30. The van der Waals surface area contributed by atoms with Crippen LogP contribution in [0.15, 0.2) is 24.3 Å². The molecule has 5 heteroatoms. The van der Waals surface area contributed by atoms with E-state index in [0.717, 1.165) is 24.3 Å². The summed E-state index contributed by atoms with van der Waals surface area (Å²) in [5.41, 5.74) is 0.485. The lowest BCUT2D eigenvalue weighted by molar-refractivity contribution is -0.118. The topological polar surface area (TPSA) is 38.8 Å². The standard InChI is InChI=1S/C14H16ClNO3/c15-9-13(17)16-10-14(5-7-18-8-6-14)19-12-4-2-1-3-11(12)16/h1-4H,5-10H2. The van der Waals surface area contributed by atoms with E-state index in [-0.39, 0.29) is 17.4 Å². The molecule has 3 rings (SSSR count). The third-order valence-corrected chi connectivity index (χ3v) is 3.98. The molecule has 1 aromatic carbocycles. The van der Waals surface area contributed by atoms with Gasteiger partial charge in [0.2, 0.25) is 5.91 Å². The van der Waals surface area contributed by atoms with Gasteiger partial charge in [0.1, 0.15) is 17.2 Å². The van der Waals surface area contributed by atoms with E-state index in [1.165, 1.54) is 0 Å². The van der Waals surface area contributed by atoms with Crippen molar-refractivity contribution in [1.82, 2.24) is 0 Å². The first-order valence-corrected chi connectivity index (χ1v) is 7.00. The van der Waals surface area contributed by atoms with Crippen LogP contribution in [0, 0.1) is 0 Å². The zero-order valence-electron chi connectivity index (χ0n) is 10.6. The van der Waals surface area contributed by atoms with Crippen LogP contribution in [0.25, 0.3) is 0 Å². The number of nitrogens with zero attached hydrogens (tertiary/aromatic N) is 1. The average Bonchev–Trinajstić information content (AvgIpc) is 2.46. The maximum Gasteiger partial charge on any atom is 0.242 e. The Morgan fingerprint density at radius 3 is 2.79 bits per heavy atom. The zero-order chi connectivity index (χ0) is 13.3. The number of alkyl halides is 1. The summed E-state index contributed by atoms with van der Waals surface area (Å²) in [6.07, 6.45) is 1.60. The Morgan fingerprint density at radius 1 is 1.32 bits per heavy atom. The van der Waals surface area contributed by atoms with Gasteiger partial charge in [-0.3, -0.25) is 4.79 Å². The van der Waals surface area contributed by atoms with Gasteiger partial charge in [0.15, 0.2) is 0 Å². The SMILES string of the molecule is O=C(CCl)N1CC2(CCOCC2)Oc2ccccc21. The molecule has 1 saturated heterocycles. The van der Waals surface area contributed by atoms with E-state index in [9.17, 15) is 4.79 Å². The molecule has 0 atom stereocenters. The molecular weight excluding hydrogens is 266 g/mol. The van der Waals surface area contributed by atoms with E-state index < -0.39 is 0 Å². The smallest absolute Gasteiger partial charge is 0.242 e. The molecule has 1 fully saturated rings. The van der Waals surface area contributed by atoms with Gasteiger partial charge in [0.25, 0.3) is 0 Å². The number of amides is 1. The van der Waals surface area contributed by atoms with Gasteiger partial charge in [0.05, 0.1) is 25.4 Å². The van der Waals surface area contributed by atoms with Crippen molar-refractivity contribution in [2.24, 2.45) is 0 Å². The highest BCUT2D eigenvalue weighted by molar-refractivity contribution is 6.29. The second kappa shape index (κ2) is 5.02. The Kier molecular flexibility index (Phi) is 3.37. The molecule has 0 aliphatic carbocycles. The molecule has 1 spiro atoms. The number of ether oxygens (including phenoxy) is 2. The third-order valence-electron chi connectivity index (χ3n) is 3.75. The van der Waals surface area contributed by atoms with Gasteiger partial charge >= 0.3 is 0 Å². The average molecular weight is 282 g/mol. The maximum absolute atomic E-state index is 12.1. The lowest BCUT2D eigenvalue weighted by Crippen LogP contribution is -2.55. The minimum absolute atomic E-state index is 0.0130. The Morgan fingerprint density at radius 2 is 2.05 bits per heavy atom. The van der Waals surface area contributed by atoms with Crippen LogP contribution >= 0.6 is 11.6 Å². The predicted octanol–water partition coefficient (Wildman–Crippen LogP) is 2.20. The van der Waals surface area contributed by atoms with Gasteiger partial charge in [-0.15, -0.1) is 11.6 Å². The number of rotatable bonds is 1. The molecule has 2 aliphatic heterocycles. The van der Waals surface area contributed by atoms with Crippen molar-refractivity contribution in [3.05, 3.63) is 24.3 Å². The normalized spacial score (nSPS) is 20.8. The number of carbonyl (C=O) groups is 1. The van der Waals surface area contributed by atoms with Crippen molar-refractivity contribution in [2.75, 3.05) is 30.5 Å². The van der Waals surface area contributed by atoms with E-state index in [0.29, 0.717) is 19.8 Å². The summed E-state index contributed by atoms with van der Waals surface area (Å²) in [6.45, 7) is 1.90. The zero-order valence-corrected chi connectivity index (χ0v) is 11.4. The molecule has 4 nitrogen and oxygen atoms in total. The number of hydrogen-bond donors (Lipinski definition) is 0. The lowest BCUT2D eigenvalue weighted by Gasteiger charge is -2.45. The van der Waals surface area contributed by atoms with Crippen LogP contribution in [-0.2, 0) is 9.53 Å². The maximum atomic E-state index is 12.1. The lowest BCUT2D eigenvalue weighted by atomic mass is 9.91. The molecule has 19 heavy (non-hydrogen) atoms. The van der Waals surface area contributed by atoms with E-state index in [1.54, 1.807) is 4.90 Å². The summed E-state index contributed by atoms with van der Waals surface area (Å²) in [5, 5.41) is 0. The highest BCUT2D eigenvalue weighted by Crippen LogP contribution is 2.40. The molecule has 0 aromatic heterocycles. The molecule has 1 amide bonds. The minimum Gasteiger partial charge on any atom is -0.483 e. The fourth-order valence-corrected chi connectivity index (χ4v) is 2.85. The number of fused-ring (bicyclic) bond motifs is 1. The Hall–Kier alpha value is -1.26. The van der Waals surface area contributed by atoms with E-state index in [1.807, 2.05) is 24.3 Å². The number of carbonyl (C=O) groups excluding carboxylic acids is 1. The van der Waals surface area contributed by atoms with Crippen molar-refractivity contribution in [3.63, 3.8) is 0 Å². The molecular formula is C14H16ClNO3. The van der Waals surface area contributed by atoms with Crippen LogP contribution < -0.4 is 9.64 Å². The highest BCUT2D eigenvalue weighted by Gasteiger charge is 2.42. The minimum atomic E-state index is -0.325. The van der Waals surface area contributed by atoms with Crippen LogP contribution in [0.5, 0.6) is 5.75 Å². The summed E-state index contributed by atoms with van der Waals surface area (Å²) in [5.74, 6) is 0.665. The second-order valence-electron chi connectivity index (χ2n) is 4.98. The predicted molar refractivity (Wildman–Crippen MR) is 72.9 cm³/mol. The van der Waals surface area contributed by atoms with Crippen molar-refractivity contribution < 1.29 is 14.3 Å². The van der Waals surface area contributed by atoms with Gasteiger partial charge in [-0.1, -0.05) is 12.1 Å². The molecule has 0 radical (unpaired) electrons. The van der Waals surface area contributed by atoms with Crippen LogP contribution in [0.3, 0.4) is 0 Å². The van der Waals surface area contributed by atoms with E-state index >= 15 is 0 Å². The molecule has 0 bridgehead atoms. The van der Waals surface area contributed by atoms with Gasteiger partial charge in [-0.2, -0.15) is 0 Å². The summed E-state index contributed by atoms with van der Waals surface area (Å²) >= 11 is 5.72. The second-order valence-corrected chi connectivity index (χ2v) is 5.25. The first kappa shape index (κ1) is 12.8. The largest absolute Gasteiger partial charge is 0.483 e. The molecule has 102 valence electrons. The van der Waals surface area contributed by atoms with E-state index in [2.05, 4.69) is 0 Å². The first-order chi connectivity index (χ1) is 9.24. The fraction of sp³-hybridized carbons (Fsp3) is 0.500. The van der Waals surface area contributed by atoms with Gasteiger partial charge in [0, 0.05) is 12.8 Å². The number of para-hydroxylation sites is 2. The fourth-order valence-electron chi connectivity index (χ4n) is 2.70. The molecule has 2 aliphatic rings. The summed E-state index contributed by atoms with van der Waals surface area (Å²) in [4.78, 5) is 13.8. The highest BCUT2D eigenvalue weighted by atomic mass is 35.5. The Balaban J connectivity index is 1.97. The monoisotopic (exact) mass is 281 g/mol. The van der Waals surface area contributed by atoms with Crippen LogP contribution in [-0.4, -0.2) is 37.1 Å². The quantitative estimate of drug-likeness (QED) is 0.741. The summed E-state index contributed by atoms with van der Waals surface area (Å²) in [7, 11) is 0. The van der Waals surface area contributed by atoms with Gasteiger partial charge < -0.3 is 14.4 Å². The summed E-state index contributed by atoms with van der Waals surface area (Å²) < 4.78 is 11.6. The Bertz CT molecular complexity index is 485. The molecule has 1 aromatic rings. The van der Waals surface area contributed by atoms with Crippen molar-refractivity contribution in [1.29, 1.82) is 0 Å². The van der Waals surface area contributed by atoms with Crippen molar-refractivity contribution in [2.45, 2.75) is 18.4 Å². The first-order valence-electron chi connectivity index (χ1n) is 6.46. The molecule has 0 unspecified atom stereocenters. The number of anilines is 1. The molecule has 0 N–H and O–H groups in total. The van der Waals surface area contributed by atoms with Gasteiger partial charge in [-0.05, 0) is 12.1 Å². The number of halogens is 1. The van der Waals surface area contributed by atoms with Gasteiger partial charge in [-0.25, -0.2) is 0 Å². The van der Waals surface area contributed by atoms with Crippen LogP contribution in [0.4, 0.5) is 5.69 Å². The Labute approximate surface area is 117 Å². The van der Waals surface area contributed by atoms with Crippen molar-refractivity contribution >= 4 is 23.2 Å². The van der Waals surface area contributed by atoms with Crippen LogP contribution in [0.2, 0.25) is 0 Å². The van der Waals surface area contributed by atoms with E-state index in [4.69, 9.17) is 21.1 Å². The van der Waals surface area contributed by atoms with Crippen LogP contribution in [0.1, 0.15) is 12.8 Å². The number of benzene rings is 1. The molecule has 2 heterocycles. The summed E-state index contributed by atoms with van der Waals surface area (Å²) in [6, 6.07) is 7.62. The number of hydrogen-bond acceptors (Lipinski definition) is 3. The molecule has 0 saturated carbocycles.